The van der Waals surface area contributed by atoms with Crippen molar-refractivity contribution >= 4 is 18.2 Å². The molecule has 0 heterocycles. The molecule has 0 aliphatic carbocycles. The SMILES string of the molecule is COP(=O)(C(=O)c1c(F)c(F)c(F)c(F)c1F)c1ccccc1. The number of halogens is 5. The number of carbonyl (C=O) groups is 1. The van der Waals surface area contributed by atoms with Gasteiger partial charge in [0.15, 0.2) is 23.3 Å². The molecule has 3 nitrogen and oxygen atoms in total. The number of rotatable bonds is 4. The lowest BCUT2D eigenvalue weighted by molar-refractivity contribution is 0.105. The van der Waals surface area contributed by atoms with Crippen LogP contribution in [0.25, 0.3) is 0 Å². The molecule has 2 rings (SSSR count). The maximum atomic E-state index is 13.7. The van der Waals surface area contributed by atoms with Gasteiger partial charge in [-0.1, -0.05) is 18.2 Å². The molecule has 0 aromatic heterocycles. The van der Waals surface area contributed by atoms with E-state index in [1.54, 1.807) is 0 Å². The first-order valence-corrected chi connectivity index (χ1v) is 7.66. The minimum absolute atomic E-state index is 0.239. The summed E-state index contributed by atoms with van der Waals surface area (Å²) in [6.07, 6.45) is 0. The third-order valence-electron chi connectivity index (χ3n) is 3.04. The van der Waals surface area contributed by atoms with E-state index in [1.807, 2.05) is 0 Å². The minimum Gasteiger partial charge on any atom is -0.323 e. The van der Waals surface area contributed by atoms with E-state index in [0.29, 0.717) is 0 Å². The highest BCUT2D eigenvalue weighted by atomic mass is 31.2. The Hall–Kier alpha value is -2.05. The molecule has 0 aliphatic rings. The van der Waals surface area contributed by atoms with E-state index in [9.17, 15) is 31.3 Å². The van der Waals surface area contributed by atoms with Crippen molar-refractivity contribution < 1.29 is 35.8 Å². The van der Waals surface area contributed by atoms with Gasteiger partial charge < -0.3 is 4.52 Å². The summed E-state index contributed by atoms with van der Waals surface area (Å²) < 4.78 is 84.1. The molecule has 1 atom stereocenters. The van der Waals surface area contributed by atoms with E-state index in [-0.39, 0.29) is 5.30 Å². The molecule has 0 saturated carbocycles. The number of benzene rings is 2. The minimum atomic E-state index is -4.55. The van der Waals surface area contributed by atoms with E-state index in [1.165, 1.54) is 30.3 Å². The van der Waals surface area contributed by atoms with Crippen LogP contribution in [0.3, 0.4) is 0 Å². The first-order valence-electron chi connectivity index (χ1n) is 6.03. The lowest BCUT2D eigenvalue weighted by atomic mass is 10.2. The number of hydrogen-bond donors (Lipinski definition) is 0. The fourth-order valence-corrected chi connectivity index (χ4v) is 3.54. The molecule has 2 aromatic rings. The molecule has 23 heavy (non-hydrogen) atoms. The molecule has 0 aliphatic heterocycles. The first-order chi connectivity index (χ1) is 10.8. The van der Waals surface area contributed by atoms with Gasteiger partial charge in [-0.25, -0.2) is 22.0 Å². The van der Waals surface area contributed by atoms with Gasteiger partial charge in [0.05, 0.1) is 0 Å². The van der Waals surface area contributed by atoms with Gasteiger partial charge in [-0.05, 0) is 12.1 Å². The van der Waals surface area contributed by atoms with Crippen LogP contribution in [0, 0.1) is 29.1 Å². The van der Waals surface area contributed by atoms with Gasteiger partial charge in [-0.3, -0.25) is 9.36 Å². The van der Waals surface area contributed by atoms with Crippen LogP contribution in [-0.2, 0) is 9.09 Å². The molecule has 122 valence electrons. The van der Waals surface area contributed by atoms with Crippen LogP contribution in [0.1, 0.15) is 10.4 Å². The molecular weight excluding hydrogens is 342 g/mol. The Morgan fingerprint density at radius 1 is 0.870 bits per heavy atom. The van der Waals surface area contributed by atoms with Crippen molar-refractivity contribution in [3.05, 3.63) is 65.0 Å². The van der Waals surface area contributed by atoms with Crippen molar-refractivity contribution in [2.75, 3.05) is 7.11 Å². The fraction of sp³-hybridized carbons (Fsp3) is 0.0714. The average molecular weight is 350 g/mol. The molecule has 0 amide bonds. The Balaban J connectivity index is 2.72. The molecule has 0 spiro atoms. The van der Waals surface area contributed by atoms with Crippen LogP contribution >= 0.6 is 7.37 Å². The van der Waals surface area contributed by atoms with E-state index < -0.39 is 47.5 Å². The van der Waals surface area contributed by atoms with Gasteiger partial charge in [-0.2, -0.15) is 0 Å². The van der Waals surface area contributed by atoms with E-state index >= 15 is 0 Å². The van der Waals surface area contributed by atoms with Crippen LogP contribution in [0.2, 0.25) is 0 Å². The summed E-state index contributed by atoms with van der Waals surface area (Å²) in [5, 5.41) is -0.239. The van der Waals surface area contributed by atoms with Crippen LogP contribution in [-0.4, -0.2) is 12.6 Å². The normalized spacial score (nSPS) is 13.7. The lowest BCUT2D eigenvalue weighted by Crippen LogP contribution is -2.19. The summed E-state index contributed by atoms with van der Waals surface area (Å²) in [7, 11) is -3.72. The zero-order valence-electron chi connectivity index (χ0n) is 11.4. The van der Waals surface area contributed by atoms with Crippen LogP contribution in [0.15, 0.2) is 30.3 Å². The van der Waals surface area contributed by atoms with Gasteiger partial charge in [0.1, 0.15) is 5.56 Å². The van der Waals surface area contributed by atoms with E-state index in [0.717, 1.165) is 7.11 Å². The van der Waals surface area contributed by atoms with E-state index in [4.69, 9.17) is 0 Å². The Morgan fingerprint density at radius 3 is 1.74 bits per heavy atom. The number of hydrogen-bond acceptors (Lipinski definition) is 3. The third kappa shape index (κ3) is 2.68. The molecule has 0 radical (unpaired) electrons. The van der Waals surface area contributed by atoms with Crippen molar-refractivity contribution in [2.24, 2.45) is 0 Å². The van der Waals surface area contributed by atoms with Crippen LogP contribution in [0.4, 0.5) is 22.0 Å². The summed E-state index contributed by atoms with van der Waals surface area (Å²) in [6, 6.07) is 6.59. The second-order valence-corrected chi connectivity index (χ2v) is 6.71. The standard InChI is InChI=1S/C14H8F5O3P/c1-22-23(21,7-5-3-2-4-6-7)14(20)8-9(15)11(17)13(19)12(18)10(8)16/h2-6H,1H3. The summed E-state index contributed by atoms with van der Waals surface area (Å²) >= 11 is 0. The maximum absolute atomic E-state index is 13.7. The number of carbonyl (C=O) groups excluding carboxylic acids is 1. The van der Waals surface area contributed by atoms with Crippen LogP contribution < -0.4 is 5.30 Å². The molecule has 0 saturated heterocycles. The molecule has 0 fully saturated rings. The first kappa shape index (κ1) is 17.3. The van der Waals surface area contributed by atoms with Crippen molar-refractivity contribution in [1.82, 2.24) is 0 Å². The largest absolute Gasteiger partial charge is 0.323 e. The maximum Gasteiger partial charge on any atom is 0.300 e. The second kappa shape index (κ2) is 6.22. The van der Waals surface area contributed by atoms with Gasteiger partial charge in [-0.15, -0.1) is 0 Å². The Bertz CT molecular complexity index is 794. The molecular formula is C14H8F5O3P. The molecule has 0 bridgehead atoms. The van der Waals surface area contributed by atoms with E-state index in [2.05, 4.69) is 4.52 Å². The molecule has 9 heteroatoms. The highest BCUT2D eigenvalue weighted by Crippen LogP contribution is 2.49. The monoisotopic (exact) mass is 350 g/mol. The van der Waals surface area contributed by atoms with Gasteiger partial charge >= 0.3 is 7.37 Å². The third-order valence-corrected chi connectivity index (χ3v) is 5.29. The van der Waals surface area contributed by atoms with Crippen LogP contribution in [0.5, 0.6) is 0 Å². The predicted octanol–water partition coefficient (Wildman–Crippen LogP) is 3.77. The van der Waals surface area contributed by atoms with Crippen molar-refractivity contribution in [1.29, 1.82) is 0 Å². The smallest absolute Gasteiger partial charge is 0.300 e. The highest BCUT2D eigenvalue weighted by molar-refractivity contribution is 7.83. The van der Waals surface area contributed by atoms with Crippen molar-refractivity contribution in [3.8, 4) is 0 Å². The Morgan fingerprint density at radius 2 is 1.30 bits per heavy atom. The summed E-state index contributed by atoms with van der Waals surface area (Å²) in [5.41, 5.74) is -3.62. The van der Waals surface area contributed by atoms with Gasteiger partial charge in [0.2, 0.25) is 5.82 Å². The van der Waals surface area contributed by atoms with Gasteiger partial charge in [0, 0.05) is 12.4 Å². The van der Waals surface area contributed by atoms with Crippen molar-refractivity contribution in [2.45, 2.75) is 0 Å². The Kier molecular flexibility index (Phi) is 4.68. The molecule has 2 aromatic carbocycles. The summed E-state index contributed by atoms with van der Waals surface area (Å²) in [6.45, 7) is 0. The zero-order valence-corrected chi connectivity index (χ0v) is 12.3. The zero-order chi connectivity index (χ0) is 17.4. The predicted molar refractivity (Wildman–Crippen MR) is 71.3 cm³/mol. The topological polar surface area (TPSA) is 43.4 Å². The summed E-state index contributed by atoms with van der Waals surface area (Å²) in [4.78, 5) is 12.2. The Labute approximate surface area is 127 Å². The second-order valence-electron chi connectivity index (χ2n) is 4.32. The molecule has 0 N–H and O–H groups in total. The highest BCUT2D eigenvalue weighted by Gasteiger charge is 2.41. The average Bonchev–Trinajstić information content (AvgIpc) is 2.58. The van der Waals surface area contributed by atoms with Crippen molar-refractivity contribution in [3.63, 3.8) is 0 Å². The fourth-order valence-electron chi connectivity index (χ4n) is 1.87. The van der Waals surface area contributed by atoms with Gasteiger partial charge in [0.25, 0.3) is 5.52 Å². The lowest BCUT2D eigenvalue weighted by Gasteiger charge is -2.16. The summed E-state index contributed by atoms with van der Waals surface area (Å²) in [5.74, 6) is -11.7. The molecule has 1 unspecified atom stereocenters. The quantitative estimate of drug-likeness (QED) is 0.365.